The summed E-state index contributed by atoms with van der Waals surface area (Å²) in [5.41, 5.74) is 0. The van der Waals surface area contributed by atoms with Crippen molar-refractivity contribution in [3.8, 4) is 0 Å². The van der Waals surface area contributed by atoms with Crippen LogP contribution in [0.5, 0.6) is 0 Å². The van der Waals surface area contributed by atoms with Crippen molar-refractivity contribution in [3.63, 3.8) is 0 Å². The second-order valence-electron chi connectivity index (χ2n) is 6.95. The summed E-state index contributed by atoms with van der Waals surface area (Å²) in [4.78, 5) is 15.6. The van der Waals surface area contributed by atoms with Crippen LogP contribution >= 0.6 is 0 Å². The van der Waals surface area contributed by atoms with E-state index in [9.17, 15) is 9.90 Å². The summed E-state index contributed by atoms with van der Waals surface area (Å²) in [6.07, 6.45) is 14.2. The molecule has 1 heterocycles. The molecule has 0 saturated heterocycles. The van der Waals surface area contributed by atoms with Gasteiger partial charge in [-0.25, -0.2) is 4.99 Å². The van der Waals surface area contributed by atoms with Crippen molar-refractivity contribution in [1.29, 1.82) is 0 Å². The van der Waals surface area contributed by atoms with E-state index < -0.39 is 5.97 Å². The summed E-state index contributed by atoms with van der Waals surface area (Å²) in [6.45, 7) is 6.82. The van der Waals surface area contributed by atoms with Crippen molar-refractivity contribution in [1.82, 2.24) is 0 Å². The molecular weight excluding hydrogens is 288 g/mol. The van der Waals surface area contributed by atoms with Crippen molar-refractivity contribution in [3.05, 3.63) is 0 Å². The minimum absolute atomic E-state index is 0.0904. The molecule has 0 aliphatic carbocycles. The number of aliphatic imine (C=N–C) groups is 1. The van der Waals surface area contributed by atoms with Gasteiger partial charge in [0.15, 0.2) is 5.84 Å². The third-order valence-electron chi connectivity index (χ3n) is 5.16. The third-order valence-corrected chi connectivity index (χ3v) is 5.16. The van der Waals surface area contributed by atoms with Crippen LogP contribution in [0.2, 0.25) is 0 Å². The number of aliphatic carboxylic acids is 1. The van der Waals surface area contributed by atoms with E-state index in [4.69, 9.17) is 0 Å². The van der Waals surface area contributed by atoms with Crippen LogP contribution in [0.25, 0.3) is 0 Å². The molecule has 23 heavy (non-hydrogen) atoms. The molecule has 1 rings (SSSR count). The van der Waals surface area contributed by atoms with Gasteiger partial charge < -0.3 is 9.90 Å². The summed E-state index contributed by atoms with van der Waals surface area (Å²) >= 11 is 0. The number of carboxylic acid groups (broad SMARTS) is 1. The summed E-state index contributed by atoms with van der Waals surface area (Å²) in [7, 11) is 0. The molecule has 1 aliphatic rings. The number of unbranched alkanes of at least 4 members (excludes halogenated alkanes) is 9. The lowest BCUT2D eigenvalue weighted by molar-refractivity contribution is -0.829. The van der Waals surface area contributed by atoms with Gasteiger partial charge in [0.2, 0.25) is 0 Å². The number of carboxylic acids is 1. The highest BCUT2D eigenvalue weighted by Gasteiger charge is 2.35. The van der Waals surface area contributed by atoms with Crippen LogP contribution in [0.4, 0.5) is 0 Å². The van der Waals surface area contributed by atoms with Crippen LogP contribution in [0.3, 0.4) is 0 Å². The largest absolute Gasteiger partial charge is 0.544 e. The number of nitrogens with zero attached hydrogens (tertiary/aromatic N) is 2. The maximum absolute atomic E-state index is 11.0. The molecule has 1 aliphatic heterocycles. The molecule has 4 nitrogen and oxygen atoms in total. The summed E-state index contributed by atoms with van der Waals surface area (Å²) in [5.74, 6) is 0.140. The van der Waals surface area contributed by atoms with E-state index in [1.807, 2.05) is 0 Å². The van der Waals surface area contributed by atoms with Crippen molar-refractivity contribution in [2.75, 3.05) is 26.2 Å². The van der Waals surface area contributed by atoms with Crippen LogP contribution < -0.4 is 5.11 Å². The standard InChI is InChI=1S/C19H36N2O2/c1-3-5-6-7-8-9-10-11-12-13-14-18-20-15-16-21(18,4-2)17-19(22)23/h3-17H2,1-2H3. The highest BCUT2D eigenvalue weighted by Crippen LogP contribution is 2.20. The number of carbonyl (C=O) groups excluding carboxylic acids is 1. The first-order valence-electron chi connectivity index (χ1n) is 9.74. The minimum atomic E-state index is -0.954. The molecule has 4 heteroatoms. The maximum Gasteiger partial charge on any atom is 0.198 e. The van der Waals surface area contributed by atoms with Gasteiger partial charge in [-0.2, -0.15) is 0 Å². The third kappa shape index (κ3) is 7.47. The Labute approximate surface area is 142 Å². The molecule has 1 unspecified atom stereocenters. The van der Waals surface area contributed by atoms with Crippen LogP contribution in [-0.4, -0.2) is 42.5 Å². The molecular formula is C19H36N2O2. The zero-order valence-corrected chi connectivity index (χ0v) is 15.3. The van der Waals surface area contributed by atoms with Gasteiger partial charge in [0.05, 0.1) is 19.1 Å². The van der Waals surface area contributed by atoms with Gasteiger partial charge in [-0.05, 0) is 13.3 Å². The Morgan fingerprint density at radius 3 is 2.09 bits per heavy atom. The van der Waals surface area contributed by atoms with E-state index in [1.54, 1.807) is 0 Å². The quantitative estimate of drug-likeness (QED) is 0.364. The number of hydrogen-bond acceptors (Lipinski definition) is 3. The smallest absolute Gasteiger partial charge is 0.198 e. The Morgan fingerprint density at radius 2 is 1.57 bits per heavy atom. The highest BCUT2D eigenvalue weighted by atomic mass is 16.4. The van der Waals surface area contributed by atoms with Crippen molar-refractivity contribution < 1.29 is 14.4 Å². The Balaban J connectivity index is 2.11. The molecule has 0 saturated carbocycles. The molecule has 0 radical (unpaired) electrons. The first-order chi connectivity index (χ1) is 11.1. The summed E-state index contributed by atoms with van der Waals surface area (Å²) in [5, 5.41) is 11.0. The van der Waals surface area contributed by atoms with Gasteiger partial charge in [0.1, 0.15) is 13.1 Å². The lowest BCUT2D eigenvalue weighted by Crippen LogP contribution is -2.56. The van der Waals surface area contributed by atoms with E-state index in [1.165, 1.54) is 57.8 Å². The van der Waals surface area contributed by atoms with Gasteiger partial charge >= 0.3 is 0 Å². The second-order valence-corrected chi connectivity index (χ2v) is 6.95. The molecule has 0 bridgehead atoms. The van der Waals surface area contributed by atoms with Crippen molar-refractivity contribution in [2.45, 2.75) is 84.5 Å². The summed E-state index contributed by atoms with van der Waals surface area (Å²) < 4.78 is 0.528. The zero-order chi connectivity index (χ0) is 17.0. The average Bonchev–Trinajstić information content (AvgIpc) is 2.91. The number of amidine groups is 1. The predicted molar refractivity (Wildman–Crippen MR) is 94.3 cm³/mol. The minimum Gasteiger partial charge on any atom is -0.544 e. The fraction of sp³-hybridized carbons (Fsp3) is 0.895. The first kappa shape index (κ1) is 20.1. The molecule has 0 spiro atoms. The van der Waals surface area contributed by atoms with Crippen LogP contribution in [0.15, 0.2) is 4.99 Å². The van der Waals surface area contributed by atoms with Crippen molar-refractivity contribution in [2.24, 2.45) is 4.99 Å². The fourth-order valence-corrected chi connectivity index (χ4v) is 3.61. The van der Waals surface area contributed by atoms with E-state index in [2.05, 4.69) is 18.8 Å². The van der Waals surface area contributed by atoms with Gasteiger partial charge in [-0.15, -0.1) is 0 Å². The van der Waals surface area contributed by atoms with E-state index >= 15 is 0 Å². The van der Waals surface area contributed by atoms with E-state index in [0.29, 0.717) is 4.48 Å². The Morgan fingerprint density at radius 1 is 1.00 bits per heavy atom. The fourth-order valence-electron chi connectivity index (χ4n) is 3.61. The average molecular weight is 325 g/mol. The number of rotatable bonds is 14. The molecule has 0 aromatic rings. The van der Waals surface area contributed by atoms with E-state index in [-0.39, 0.29) is 6.54 Å². The predicted octanol–water partition coefficient (Wildman–Crippen LogP) is 3.30. The summed E-state index contributed by atoms with van der Waals surface area (Å²) in [6, 6.07) is 0. The SMILES string of the molecule is CCCCCCCCCCCCC1=NCC[N+]1(CC)CC(=O)[O-]. The van der Waals surface area contributed by atoms with Crippen molar-refractivity contribution >= 4 is 11.8 Å². The molecule has 0 aromatic carbocycles. The first-order valence-corrected chi connectivity index (χ1v) is 9.74. The molecule has 0 aromatic heterocycles. The topological polar surface area (TPSA) is 52.5 Å². The van der Waals surface area contributed by atoms with Gasteiger partial charge in [-0.3, -0.25) is 4.48 Å². The van der Waals surface area contributed by atoms with Crippen LogP contribution in [0.1, 0.15) is 84.5 Å². The van der Waals surface area contributed by atoms with Gasteiger partial charge in [0.25, 0.3) is 0 Å². The second kappa shape index (κ2) is 11.6. The maximum atomic E-state index is 11.0. The molecule has 1 atom stereocenters. The Kier molecular flexibility index (Phi) is 10.2. The molecule has 0 N–H and O–H groups in total. The normalized spacial score (nSPS) is 20.7. The number of hydrogen-bond donors (Lipinski definition) is 0. The Bertz CT molecular complexity index is 368. The van der Waals surface area contributed by atoms with E-state index in [0.717, 1.165) is 38.3 Å². The zero-order valence-electron chi connectivity index (χ0n) is 15.3. The monoisotopic (exact) mass is 324 g/mol. The van der Waals surface area contributed by atoms with Crippen LogP contribution in [0, 0.1) is 0 Å². The van der Waals surface area contributed by atoms with Gasteiger partial charge in [-0.1, -0.05) is 64.7 Å². The number of quaternary nitrogens is 1. The molecule has 0 fully saturated rings. The number of carbonyl (C=O) groups is 1. The highest BCUT2D eigenvalue weighted by molar-refractivity contribution is 5.79. The lowest BCUT2D eigenvalue weighted by Gasteiger charge is -2.34. The molecule has 0 amide bonds. The number of likely N-dealkylation sites (N-methyl/N-ethyl adjacent to an activating group) is 1. The molecule has 134 valence electrons. The van der Waals surface area contributed by atoms with Crippen LogP contribution in [-0.2, 0) is 4.79 Å². The Hall–Kier alpha value is -0.900. The van der Waals surface area contributed by atoms with Gasteiger partial charge in [0, 0.05) is 6.42 Å². The lowest BCUT2D eigenvalue weighted by atomic mass is 10.1.